The molecule has 210 valence electrons. The van der Waals surface area contributed by atoms with E-state index in [0.29, 0.717) is 29.8 Å². The van der Waals surface area contributed by atoms with Gasteiger partial charge in [-0.15, -0.1) is 18.3 Å². The Morgan fingerprint density at radius 3 is 2.67 bits per heavy atom. The number of para-hydroxylation sites is 1. The summed E-state index contributed by atoms with van der Waals surface area (Å²) in [6.45, 7) is 2.34. The minimum Gasteiger partial charge on any atom is -0.470 e. The zero-order valence-corrected chi connectivity index (χ0v) is 21.3. The second-order valence-corrected chi connectivity index (χ2v) is 8.92. The fourth-order valence-electron chi connectivity index (χ4n) is 4.14. The van der Waals surface area contributed by atoms with E-state index in [9.17, 15) is 22.4 Å². The number of nitrogens with zero attached hydrogens (tertiary/aromatic N) is 2. The number of hydrogen-bond acceptors (Lipinski definition) is 6. The largest absolute Gasteiger partial charge is 0.573 e. The van der Waals surface area contributed by atoms with E-state index < -0.39 is 30.4 Å². The van der Waals surface area contributed by atoms with Gasteiger partial charge < -0.3 is 24.8 Å². The minimum atomic E-state index is -4.90. The summed E-state index contributed by atoms with van der Waals surface area (Å²) in [5.74, 6) is -0.0126. The van der Waals surface area contributed by atoms with Crippen molar-refractivity contribution in [2.45, 2.75) is 45.1 Å². The summed E-state index contributed by atoms with van der Waals surface area (Å²) >= 11 is 0. The van der Waals surface area contributed by atoms with Crippen LogP contribution in [0.3, 0.4) is 0 Å². The van der Waals surface area contributed by atoms with Crippen molar-refractivity contribution < 1.29 is 36.6 Å². The normalized spacial score (nSPS) is 17.5. The van der Waals surface area contributed by atoms with Crippen molar-refractivity contribution in [3.8, 4) is 17.3 Å². The van der Waals surface area contributed by atoms with Crippen LogP contribution in [0.15, 0.2) is 48.5 Å². The molecular formula is C26H29F4N5O4. The van der Waals surface area contributed by atoms with Crippen LogP contribution in [0, 0.1) is 6.92 Å². The maximum atomic E-state index is 14.4. The maximum absolute atomic E-state index is 14.4. The molecule has 0 saturated carbocycles. The summed E-state index contributed by atoms with van der Waals surface area (Å²) < 4.78 is 69.6. The van der Waals surface area contributed by atoms with Crippen LogP contribution < -0.4 is 25.4 Å². The summed E-state index contributed by atoms with van der Waals surface area (Å²) in [5.41, 5.74) is 1.78. The number of amides is 2. The summed E-state index contributed by atoms with van der Waals surface area (Å²) in [7, 11) is 1.46. The standard InChI is InChI=1S/C26H29F4N5O4/c1-16-23(33-25(36)32-13-18-12-17(15-37-2)8-9-21(18)39-26(28,29)30)35(19-6-4-3-5-7-19)34-24(16)38-22-10-11-31-14-20(22)27/h3-9,12,20,22,31H,10-11,13-15H2,1-2H3,(H2,32,33,36)/t20-,22?/m1/s1. The molecular weight excluding hydrogens is 522 g/mol. The number of carbonyl (C=O) groups excluding carboxylic acids is 1. The van der Waals surface area contributed by atoms with Crippen LogP contribution in [-0.4, -0.2) is 54.6 Å². The number of piperidine rings is 1. The Morgan fingerprint density at radius 1 is 1.21 bits per heavy atom. The first-order valence-corrected chi connectivity index (χ1v) is 12.2. The fourth-order valence-corrected chi connectivity index (χ4v) is 4.14. The van der Waals surface area contributed by atoms with Gasteiger partial charge in [0.25, 0.3) is 0 Å². The lowest BCUT2D eigenvalue weighted by molar-refractivity contribution is -0.274. The average Bonchev–Trinajstić information content (AvgIpc) is 3.20. The molecule has 2 aromatic carbocycles. The predicted octanol–water partition coefficient (Wildman–Crippen LogP) is 4.63. The fraction of sp³-hybridized carbons (Fsp3) is 0.385. The molecule has 0 aliphatic carbocycles. The SMILES string of the molecule is COCc1ccc(OC(F)(F)F)c(CNC(=O)Nc2c(C)c(OC3CCNC[C@H]3F)nn2-c2ccccc2)c1. The van der Waals surface area contributed by atoms with Crippen molar-refractivity contribution in [1.29, 1.82) is 0 Å². The van der Waals surface area contributed by atoms with Crippen molar-refractivity contribution in [2.24, 2.45) is 0 Å². The van der Waals surface area contributed by atoms with Gasteiger partial charge in [0, 0.05) is 25.8 Å². The third-order valence-electron chi connectivity index (χ3n) is 6.02. The molecule has 1 aliphatic heterocycles. The number of hydrogen-bond donors (Lipinski definition) is 3. The van der Waals surface area contributed by atoms with Gasteiger partial charge in [-0.1, -0.05) is 24.3 Å². The number of ether oxygens (including phenoxy) is 3. The first-order valence-electron chi connectivity index (χ1n) is 12.2. The van der Waals surface area contributed by atoms with Gasteiger partial charge >= 0.3 is 12.4 Å². The summed E-state index contributed by atoms with van der Waals surface area (Å²) in [6.07, 6.45) is -6.37. The molecule has 0 spiro atoms. The van der Waals surface area contributed by atoms with Crippen LogP contribution in [0.4, 0.5) is 28.2 Å². The van der Waals surface area contributed by atoms with Gasteiger partial charge in [-0.2, -0.15) is 0 Å². The van der Waals surface area contributed by atoms with Gasteiger partial charge in [-0.25, -0.2) is 13.9 Å². The molecule has 13 heteroatoms. The van der Waals surface area contributed by atoms with E-state index in [2.05, 4.69) is 25.8 Å². The second kappa shape index (κ2) is 12.3. The molecule has 1 unspecified atom stereocenters. The van der Waals surface area contributed by atoms with Gasteiger partial charge in [0.05, 0.1) is 17.9 Å². The number of rotatable bonds is 9. The zero-order valence-electron chi connectivity index (χ0n) is 21.3. The van der Waals surface area contributed by atoms with E-state index in [4.69, 9.17) is 9.47 Å². The highest BCUT2D eigenvalue weighted by Crippen LogP contribution is 2.31. The van der Waals surface area contributed by atoms with E-state index in [1.54, 1.807) is 31.2 Å². The molecule has 0 bridgehead atoms. The average molecular weight is 552 g/mol. The van der Waals surface area contributed by atoms with Crippen molar-refractivity contribution in [1.82, 2.24) is 20.4 Å². The van der Waals surface area contributed by atoms with Crippen molar-refractivity contribution in [3.63, 3.8) is 0 Å². The molecule has 1 fully saturated rings. The first-order chi connectivity index (χ1) is 18.6. The Kier molecular flexibility index (Phi) is 8.92. The van der Waals surface area contributed by atoms with E-state index in [1.807, 2.05) is 6.07 Å². The number of aromatic nitrogens is 2. The second-order valence-electron chi connectivity index (χ2n) is 8.92. The van der Waals surface area contributed by atoms with Gasteiger partial charge in [0.1, 0.15) is 23.8 Å². The quantitative estimate of drug-likeness (QED) is 0.336. The maximum Gasteiger partial charge on any atom is 0.573 e. The number of carbonyl (C=O) groups is 1. The van der Waals surface area contributed by atoms with Crippen LogP contribution in [0.1, 0.15) is 23.1 Å². The number of nitrogens with one attached hydrogen (secondary N) is 3. The number of halogens is 4. The van der Waals surface area contributed by atoms with Gasteiger partial charge in [0.2, 0.25) is 5.88 Å². The summed E-state index contributed by atoms with van der Waals surface area (Å²) in [4.78, 5) is 12.9. The topological polar surface area (TPSA) is 98.7 Å². The molecule has 2 amide bonds. The highest BCUT2D eigenvalue weighted by atomic mass is 19.4. The van der Waals surface area contributed by atoms with Crippen LogP contribution in [-0.2, 0) is 17.9 Å². The molecule has 0 radical (unpaired) electrons. The third-order valence-corrected chi connectivity index (χ3v) is 6.02. The highest BCUT2D eigenvalue weighted by Gasteiger charge is 2.32. The number of benzene rings is 2. The molecule has 39 heavy (non-hydrogen) atoms. The Labute approximate surface area is 222 Å². The molecule has 1 saturated heterocycles. The lowest BCUT2D eigenvalue weighted by Gasteiger charge is -2.26. The Balaban J connectivity index is 1.55. The minimum absolute atomic E-state index is 0.106. The van der Waals surface area contributed by atoms with E-state index in [-0.39, 0.29) is 37.0 Å². The van der Waals surface area contributed by atoms with Crippen LogP contribution in [0.5, 0.6) is 11.6 Å². The molecule has 1 aliphatic rings. The van der Waals surface area contributed by atoms with Gasteiger partial charge in [0.15, 0.2) is 0 Å². The Bertz CT molecular complexity index is 1270. The van der Waals surface area contributed by atoms with Crippen LogP contribution in [0.2, 0.25) is 0 Å². The lowest BCUT2D eigenvalue weighted by Crippen LogP contribution is -2.44. The molecule has 1 aromatic heterocycles. The summed E-state index contributed by atoms with van der Waals surface area (Å²) in [6, 6.07) is 12.3. The van der Waals surface area contributed by atoms with Crippen LogP contribution in [0.25, 0.3) is 5.69 Å². The Hall–Kier alpha value is -3.84. The van der Waals surface area contributed by atoms with Crippen molar-refractivity contribution in [3.05, 3.63) is 65.2 Å². The first kappa shape index (κ1) is 28.2. The van der Waals surface area contributed by atoms with Crippen molar-refractivity contribution in [2.75, 3.05) is 25.5 Å². The molecule has 2 heterocycles. The monoisotopic (exact) mass is 551 g/mol. The van der Waals surface area contributed by atoms with E-state index >= 15 is 0 Å². The Morgan fingerprint density at radius 2 is 1.97 bits per heavy atom. The third kappa shape index (κ3) is 7.39. The number of alkyl halides is 4. The molecule has 3 N–H and O–H groups in total. The van der Waals surface area contributed by atoms with Gasteiger partial charge in [-0.3, -0.25) is 5.32 Å². The van der Waals surface area contributed by atoms with Crippen molar-refractivity contribution >= 4 is 11.8 Å². The number of urea groups is 1. The predicted molar refractivity (Wildman–Crippen MR) is 135 cm³/mol. The molecule has 2 atom stereocenters. The molecule has 4 rings (SSSR count). The van der Waals surface area contributed by atoms with Crippen LogP contribution >= 0.6 is 0 Å². The number of methoxy groups -OCH3 is 1. The highest BCUT2D eigenvalue weighted by molar-refractivity contribution is 5.89. The van der Waals surface area contributed by atoms with E-state index in [1.165, 1.54) is 30.0 Å². The lowest BCUT2D eigenvalue weighted by atomic mass is 10.1. The van der Waals surface area contributed by atoms with Gasteiger partial charge in [-0.05, 0) is 49.7 Å². The zero-order chi connectivity index (χ0) is 28.0. The molecule has 9 nitrogen and oxygen atoms in total. The van der Waals surface area contributed by atoms with E-state index in [0.717, 1.165) is 0 Å². The number of anilines is 1. The molecule has 3 aromatic rings. The summed E-state index contributed by atoms with van der Waals surface area (Å²) in [5, 5.41) is 12.7. The smallest absolute Gasteiger partial charge is 0.470 e.